The van der Waals surface area contributed by atoms with Crippen LogP contribution in [-0.4, -0.2) is 26.7 Å². The molecule has 7 heteroatoms. The molecule has 6 nitrogen and oxygen atoms in total. The average Bonchev–Trinajstić information content (AvgIpc) is 2.81. The summed E-state index contributed by atoms with van der Waals surface area (Å²) in [4.78, 5) is 12.4. The number of allylic oxidation sites excluding steroid dienone is 1. The molecule has 0 heterocycles. The summed E-state index contributed by atoms with van der Waals surface area (Å²) in [7, 11) is 3.07. The van der Waals surface area contributed by atoms with Crippen LogP contribution in [0.15, 0.2) is 60.7 Å². The van der Waals surface area contributed by atoms with Crippen molar-refractivity contribution in [3.63, 3.8) is 0 Å². The van der Waals surface area contributed by atoms with Gasteiger partial charge in [-0.25, -0.2) is 0 Å². The quantitative estimate of drug-likeness (QED) is 0.340. The van der Waals surface area contributed by atoms with E-state index in [1.54, 1.807) is 49.6 Å². The Bertz CT molecular complexity index is 1230. The molecule has 0 aliphatic carbocycles. The lowest BCUT2D eigenvalue weighted by Gasteiger charge is -2.12. The molecule has 0 radical (unpaired) electrons. The van der Waals surface area contributed by atoms with Crippen LogP contribution in [0.5, 0.6) is 17.2 Å². The van der Waals surface area contributed by atoms with Crippen molar-refractivity contribution in [2.75, 3.05) is 26.1 Å². The van der Waals surface area contributed by atoms with E-state index in [0.717, 1.165) is 5.56 Å². The summed E-state index contributed by atoms with van der Waals surface area (Å²) in [6.45, 7) is 1.75. The lowest BCUT2D eigenvalue weighted by molar-refractivity contribution is -0.118. The molecule has 0 saturated carbocycles. The fourth-order valence-corrected chi connectivity index (χ4v) is 3.35. The summed E-state index contributed by atoms with van der Waals surface area (Å²) in [5.41, 5.74) is 3.31. The van der Waals surface area contributed by atoms with Gasteiger partial charge in [0, 0.05) is 16.3 Å². The van der Waals surface area contributed by atoms with Gasteiger partial charge in [-0.1, -0.05) is 23.7 Å². The van der Waals surface area contributed by atoms with Crippen molar-refractivity contribution in [3.8, 4) is 23.3 Å². The Hall–Kier alpha value is -3.95. The maximum Gasteiger partial charge on any atom is 0.262 e. The Labute approximate surface area is 198 Å². The van der Waals surface area contributed by atoms with Crippen LogP contribution in [0.25, 0.3) is 11.6 Å². The number of nitrogens with one attached hydrogen (secondary N) is 1. The zero-order chi connectivity index (χ0) is 23.8. The van der Waals surface area contributed by atoms with Gasteiger partial charge in [-0.2, -0.15) is 5.26 Å². The summed E-state index contributed by atoms with van der Waals surface area (Å²) in [5.74, 6) is 1.19. The van der Waals surface area contributed by atoms with E-state index in [-0.39, 0.29) is 12.5 Å². The van der Waals surface area contributed by atoms with Gasteiger partial charge in [-0.05, 0) is 72.7 Å². The summed E-state index contributed by atoms with van der Waals surface area (Å²) in [5, 5.41) is 13.0. The molecule has 0 atom stereocenters. The number of nitrogens with zero attached hydrogens (tertiary/aromatic N) is 1. The highest BCUT2D eigenvalue weighted by Gasteiger charge is 2.12. The van der Waals surface area contributed by atoms with Gasteiger partial charge < -0.3 is 19.5 Å². The molecular weight excluding hydrogens is 440 g/mol. The minimum absolute atomic E-state index is 0.200. The summed E-state index contributed by atoms with van der Waals surface area (Å²) >= 11 is 6.18. The van der Waals surface area contributed by atoms with Gasteiger partial charge in [0.2, 0.25) is 0 Å². The van der Waals surface area contributed by atoms with Crippen LogP contribution in [0, 0.1) is 18.3 Å². The molecule has 0 spiro atoms. The van der Waals surface area contributed by atoms with Gasteiger partial charge >= 0.3 is 0 Å². The molecule has 0 fully saturated rings. The zero-order valence-electron chi connectivity index (χ0n) is 18.5. The predicted octanol–water partition coefficient (Wildman–Crippen LogP) is 5.75. The molecule has 0 aromatic heterocycles. The number of halogens is 1. The number of rotatable bonds is 8. The number of amides is 1. The Morgan fingerprint density at radius 2 is 1.79 bits per heavy atom. The zero-order valence-corrected chi connectivity index (χ0v) is 19.3. The molecule has 168 valence electrons. The van der Waals surface area contributed by atoms with Gasteiger partial charge in [0.1, 0.15) is 5.75 Å². The molecule has 0 saturated heterocycles. The minimum Gasteiger partial charge on any atom is -0.493 e. The number of hydrogen-bond donors (Lipinski definition) is 1. The highest BCUT2D eigenvalue weighted by Crippen LogP contribution is 2.32. The van der Waals surface area contributed by atoms with Crippen LogP contribution in [-0.2, 0) is 4.79 Å². The van der Waals surface area contributed by atoms with Gasteiger partial charge in [0.15, 0.2) is 18.1 Å². The van der Waals surface area contributed by atoms with E-state index < -0.39 is 0 Å². The monoisotopic (exact) mass is 462 g/mol. The van der Waals surface area contributed by atoms with Gasteiger partial charge in [0.05, 0.1) is 25.9 Å². The van der Waals surface area contributed by atoms with Crippen molar-refractivity contribution in [1.82, 2.24) is 0 Å². The second-order valence-electron chi connectivity index (χ2n) is 7.13. The first-order valence-electron chi connectivity index (χ1n) is 10.1. The average molecular weight is 463 g/mol. The van der Waals surface area contributed by atoms with Crippen molar-refractivity contribution in [2.24, 2.45) is 0 Å². The van der Waals surface area contributed by atoms with Gasteiger partial charge in [-0.3, -0.25) is 4.79 Å². The largest absolute Gasteiger partial charge is 0.493 e. The summed E-state index contributed by atoms with van der Waals surface area (Å²) < 4.78 is 16.3. The third-order valence-electron chi connectivity index (χ3n) is 4.75. The number of anilines is 1. The first-order valence-corrected chi connectivity index (χ1v) is 10.4. The molecule has 0 bridgehead atoms. The van der Waals surface area contributed by atoms with E-state index in [1.165, 1.54) is 7.11 Å². The molecule has 3 aromatic carbocycles. The maximum absolute atomic E-state index is 12.4. The molecule has 0 unspecified atom stereocenters. The normalized spacial score (nSPS) is 10.8. The molecule has 0 aliphatic rings. The lowest BCUT2D eigenvalue weighted by atomic mass is 10.0. The molecule has 1 N–H and O–H groups in total. The number of carbonyl (C=O) groups excluding carboxylic acids is 1. The summed E-state index contributed by atoms with van der Waals surface area (Å²) in [6, 6.07) is 19.9. The van der Waals surface area contributed by atoms with Crippen LogP contribution < -0.4 is 19.5 Å². The van der Waals surface area contributed by atoms with Crippen LogP contribution in [0.1, 0.15) is 16.7 Å². The number of aryl methyl sites for hydroxylation is 1. The van der Waals surface area contributed by atoms with E-state index in [2.05, 4.69) is 11.4 Å². The van der Waals surface area contributed by atoms with E-state index in [4.69, 9.17) is 25.8 Å². The van der Waals surface area contributed by atoms with Crippen LogP contribution in [0.4, 0.5) is 5.69 Å². The Morgan fingerprint density at radius 1 is 1.03 bits per heavy atom. The number of carbonyl (C=O) groups is 1. The lowest BCUT2D eigenvalue weighted by Crippen LogP contribution is -2.20. The molecule has 33 heavy (non-hydrogen) atoms. The van der Waals surface area contributed by atoms with Crippen LogP contribution in [0.3, 0.4) is 0 Å². The Kier molecular flexibility index (Phi) is 7.96. The number of nitriles is 1. The van der Waals surface area contributed by atoms with Gasteiger partial charge in [-0.15, -0.1) is 0 Å². The highest BCUT2D eigenvalue weighted by atomic mass is 35.5. The maximum atomic E-state index is 12.4. The predicted molar refractivity (Wildman–Crippen MR) is 130 cm³/mol. The van der Waals surface area contributed by atoms with Crippen LogP contribution in [0.2, 0.25) is 5.02 Å². The van der Waals surface area contributed by atoms with Crippen molar-refractivity contribution in [1.29, 1.82) is 5.26 Å². The number of ether oxygens (including phenoxy) is 3. The minimum atomic E-state index is -0.300. The third-order valence-corrected chi connectivity index (χ3v) is 4.98. The second-order valence-corrected chi connectivity index (χ2v) is 7.56. The van der Waals surface area contributed by atoms with Crippen molar-refractivity contribution in [3.05, 3.63) is 82.4 Å². The Balaban J connectivity index is 1.83. The van der Waals surface area contributed by atoms with Crippen molar-refractivity contribution < 1.29 is 19.0 Å². The highest BCUT2D eigenvalue weighted by molar-refractivity contribution is 6.30. The molecule has 3 rings (SSSR count). The van der Waals surface area contributed by atoms with Crippen molar-refractivity contribution in [2.45, 2.75) is 6.92 Å². The first-order chi connectivity index (χ1) is 15.9. The molecule has 3 aromatic rings. The standard InChI is InChI=1S/C26H23ClN2O4/c1-17-5-4-6-22(11-17)29-26(30)16-33-23-10-8-21(27)13-19(23)12-20(15-28)18-7-9-24(31-2)25(14-18)32-3/h4-14H,16H2,1-3H3,(H,29,30)/b20-12+. The van der Waals surface area contributed by atoms with Gasteiger partial charge in [0.25, 0.3) is 5.91 Å². The fourth-order valence-electron chi connectivity index (χ4n) is 3.17. The Morgan fingerprint density at radius 3 is 2.48 bits per heavy atom. The van der Waals surface area contributed by atoms with Crippen LogP contribution >= 0.6 is 11.6 Å². The fraction of sp³-hybridized carbons (Fsp3) is 0.154. The van der Waals surface area contributed by atoms with E-state index in [9.17, 15) is 10.1 Å². The number of benzene rings is 3. The molecular formula is C26H23ClN2O4. The van der Waals surface area contributed by atoms with Crippen molar-refractivity contribution >= 4 is 34.8 Å². The first kappa shape index (κ1) is 23.7. The van der Waals surface area contributed by atoms with E-state index >= 15 is 0 Å². The smallest absolute Gasteiger partial charge is 0.262 e. The number of hydrogen-bond acceptors (Lipinski definition) is 5. The molecule has 0 aliphatic heterocycles. The topological polar surface area (TPSA) is 80.6 Å². The van der Waals surface area contributed by atoms with E-state index in [0.29, 0.717) is 44.7 Å². The SMILES string of the molecule is COc1ccc(/C(C#N)=C/c2cc(Cl)ccc2OCC(=O)Nc2cccc(C)c2)cc1OC. The second kappa shape index (κ2) is 11.1. The third kappa shape index (κ3) is 6.28. The molecule has 1 amide bonds. The summed E-state index contributed by atoms with van der Waals surface area (Å²) in [6.07, 6.45) is 1.65. The van der Waals surface area contributed by atoms with E-state index in [1.807, 2.05) is 31.2 Å². The number of methoxy groups -OCH3 is 2.